The topological polar surface area (TPSA) is 354 Å². The summed E-state index contributed by atoms with van der Waals surface area (Å²) in [4.78, 5) is 108. The van der Waals surface area contributed by atoms with Gasteiger partial charge in [0.1, 0.15) is 18.2 Å². The van der Waals surface area contributed by atoms with Gasteiger partial charge in [0.25, 0.3) is 0 Å². The van der Waals surface area contributed by atoms with Crippen LogP contribution in [0.2, 0.25) is 0 Å². The van der Waals surface area contributed by atoms with E-state index in [-0.39, 0.29) is 81.7 Å². The lowest BCUT2D eigenvalue weighted by atomic mass is 9.87. The number of unbranched alkanes of at least 4 members (excludes halogenated alkanes) is 1. The lowest BCUT2D eigenvalue weighted by Gasteiger charge is -2.26. The third kappa shape index (κ3) is 19.9. The molecule has 0 aliphatic carbocycles. The summed E-state index contributed by atoms with van der Waals surface area (Å²) in [6, 6.07) is 3.43. The summed E-state index contributed by atoms with van der Waals surface area (Å²) in [6.45, 7) is 5.14. The minimum absolute atomic E-state index is 0.0105. The highest BCUT2D eigenvalue weighted by molar-refractivity contribution is 5.97. The number of nitrogens with zero attached hydrogens (tertiary/aromatic N) is 4. The Labute approximate surface area is 360 Å². The summed E-state index contributed by atoms with van der Waals surface area (Å²) in [7, 11) is 0. The van der Waals surface area contributed by atoms with Crippen LogP contribution in [0.15, 0.2) is 35.5 Å². The van der Waals surface area contributed by atoms with E-state index in [1.54, 1.807) is 20.0 Å². The van der Waals surface area contributed by atoms with Gasteiger partial charge in [-0.25, -0.2) is 4.68 Å². The van der Waals surface area contributed by atoms with Crippen LogP contribution in [0.3, 0.4) is 0 Å². The van der Waals surface area contributed by atoms with E-state index in [1.807, 2.05) is 0 Å². The second kappa shape index (κ2) is 26.9. The summed E-state index contributed by atoms with van der Waals surface area (Å²) in [6.07, 6.45) is 1.12. The van der Waals surface area contributed by atoms with Crippen molar-refractivity contribution < 1.29 is 53.7 Å². The monoisotopic (exact) mass is 870 g/mol. The largest absolute Gasteiger partial charge is 0.508 e. The van der Waals surface area contributed by atoms with Gasteiger partial charge in [0.05, 0.1) is 42.2 Å². The Morgan fingerprint density at radius 1 is 0.823 bits per heavy atom. The predicted octanol–water partition coefficient (Wildman–Crippen LogP) is 0.346. The Hall–Kier alpha value is -6.25. The molecule has 3 amide bonds. The summed E-state index contributed by atoms with van der Waals surface area (Å²) < 4.78 is 1.40. The summed E-state index contributed by atoms with van der Waals surface area (Å²) in [5.41, 5.74) is 17.6. The van der Waals surface area contributed by atoms with Crippen LogP contribution >= 0.6 is 0 Å². The number of Topliss-reactive ketones (excluding diaryl/α,β-unsaturated/α-hetero) is 3. The van der Waals surface area contributed by atoms with Crippen LogP contribution in [-0.2, 0) is 57.9 Å². The number of aliphatic carboxylic acids is 2. The number of amides is 3. The molecule has 1 aromatic heterocycles. The zero-order chi connectivity index (χ0) is 46.4. The van der Waals surface area contributed by atoms with Crippen LogP contribution in [-0.4, -0.2) is 108 Å². The third-order valence-electron chi connectivity index (χ3n) is 10.0. The lowest BCUT2D eigenvalue weighted by Crippen LogP contribution is -2.49. The molecule has 2 aromatic rings. The van der Waals surface area contributed by atoms with E-state index >= 15 is 0 Å². The maximum Gasteiger partial charge on any atom is 0.307 e. The molecule has 0 aliphatic heterocycles. The second-order valence-corrected chi connectivity index (χ2v) is 15.6. The molecular formula is C41H62N10O11. The van der Waals surface area contributed by atoms with Gasteiger partial charge in [-0.15, -0.1) is 5.10 Å². The Balaban J connectivity index is 2.25. The van der Waals surface area contributed by atoms with Crippen LogP contribution in [0.1, 0.15) is 96.2 Å². The summed E-state index contributed by atoms with van der Waals surface area (Å²) in [5.74, 6) is -10.3. The number of nitrogens with one attached hydrogen (secondary N) is 3. The first-order valence-corrected chi connectivity index (χ1v) is 20.6. The molecule has 1 heterocycles. The SMILES string of the molecule is CC(=O)NCn1cc(CCC(=O)CC(CCCN=C(N)N)C(=O)NC(CCCCN)C(=O)CC(CC(=O)O)C(=O)NC(C(=O)CC(Cc2ccc(O)cc2)C(=O)O)C(C)C)nn1. The number of benzene rings is 1. The number of phenols is 1. The molecule has 0 aliphatic rings. The number of hydrogen-bond acceptors (Lipinski definition) is 13. The molecule has 5 unspecified atom stereocenters. The maximum atomic E-state index is 13.9. The van der Waals surface area contributed by atoms with E-state index in [2.05, 4.69) is 31.3 Å². The second-order valence-electron chi connectivity index (χ2n) is 15.6. The number of ketones is 3. The molecule has 0 saturated carbocycles. The molecule has 21 heteroatoms. The van der Waals surface area contributed by atoms with E-state index in [1.165, 1.54) is 35.9 Å². The first-order valence-electron chi connectivity index (χ1n) is 20.6. The maximum absolute atomic E-state index is 13.9. The van der Waals surface area contributed by atoms with Crippen molar-refractivity contribution in [3.05, 3.63) is 41.7 Å². The Morgan fingerprint density at radius 3 is 2.08 bits per heavy atom. The summed E-state index contributed by atoms with van der Waals surface area (Å²) >= 11 is 0. The number of carbonyl (C=O) groups is 8. The molecular weight excluding hydrogens is 809 g/mol. The van der Waals surface area contributed by atoms with Crippen molar-refractivity contribution in [3.63, 3.8) is 0 Å². The van der Waals surface area contributed by atoms with Crippen molar-refractivity contribution in [2.24, 2.45) is 45.9 Å². The van der Waals surface area contributed by atoms with Crippen LogP contribution in [0.5, 0.6) is 5.75 Å². The lowest BCUT2D eigenvalue weighted by molar-refractivity contribution is -0.145. The molecule has 0 saturated heterocycles. The van der Waals surface area contributed by atoms with Gasteiger partial charge in [0, 0.05) is 45.1 Å². The number of aliphatic imine (C=N–C) groups is 1. The number of aromatic nitrogens is 3. The Morgan fingerprint density at radius 2 is 1.48 bits per heavy atom. The minimum atomic E-state index is -1.47. The number of carboxylic acids is 2. The highest BCUT2D eigenvalue weighted by Crippen LogP contribution is 2.22. The van der Waals surface area contributed by atoms with Gasteiger partial charge in [-0.1, -0.05) is 31.2 Å². The fourth-order valence-corrected chi connectivity index (χ4v) is 6.61. The van der Waals surface area contributed by atoms with Gasteiger partial charge >= 0.3 is 11.9 Å². The van der Waals surface area contributed by atoms with E-state index in [9.17, 15) is 53.7 Å². The van der Waals surface area contributed by atoms with E-state index < -0.39 is 90.3 Å². The molecule has 0 fully saturated rings. The Kier molecular flexibility index (Phi) is 22.5. The number of guanidine groups is 1. The van der Waals surface area contributed by atoms with Gasteiger partial charge in [-0.05, 0) is 75.1 Å². The molecule has 21 nitrogen and oxygen atoms in total. The number of rotatable bonds is 31. The standard InChI is InChI=1S/C41H62N10O11/c1-24(2)37(35(56)20-29(40(61)62)17-26-9-12-31(53)13-10-26)48-39(60)28(21-36(57)58)19-34(55)33(8-4-5-15-42)47-38(59)27(7-6-16-45-41(43)44)18-32(54)14-11-30-22-51(50-49-30)23-46-25(3)52/h9-10,12-13,22,24,27-29,33,37,53H,4-8,11,14-21,23,42H2,1-3H3,(H,46,52)(H,47,59)(H,48,60)(H,57,58)(H,61,62)(H4,43,44,45). The number of hydrogen-bond donors (Lipinski definition) is 9. The van der Waals surface area contributed by atoms with Crippen molar-refractivity contribution in [1.82, 2.24) is 30.9 Å². The van der Waals surface area contributed by atoms with Gasteiger partial charge in [0.15, 0.2) is 17.5 Å². The number of carboxylic acid groups (broad SMARTS) is 2. The average Bonchev–Trinajstić information content (AvgIpc) is 3.66. The van der Waals surface area contributed by atoms with Crippen LogP contribution in [0.25, 0.3) is 0 Å². The molecule has 5 atom stereocenters. The van der Waals surface area contributed by atoms with Crippen LogP contribution in [0.4, 0.5) is 0 Å². The van der Waals surface area contributed by atoms with Crippen LogP contribution in [0, 0.1) is 23.7 Å². The molecule has 342 valence electrons. The smallest absolute Gasteiger partial charge is 0.307 e. The van der Waals surface area contributed by atoms with Crippen molar-refractivity contribution in [2.45, 2.75) is 117 Å². The molecule has 0 spiro atoms. The molecule has 0 radical (unpaired) electrons. The number of nitrogens with two attached hydrogens (primary N) is 3. The third-order valence-corrected chi connectivity index (χ3v) is 10.0. The van der Waals surface area contributed by atoms with Gasteiger partial charge in [0.2, 0.25) is 17.7 Å². The van der Waals surface area contributed by atoms with Gasteiger partial charge < -0.3 is 48.5 Å². The van der Waals surface area contributed by atoms with Crippen molar-refractivity contribution in [1.29, 1.82) is 0 Å². The van der Waals surface area contributed by atoms with Crippen molar-refractivity contribution in [3.8, 4) is 5.75 Å². The van der Waals surface area contributed by atoms with E-state index in [4.69, 9.17) is 17.2 Å². The average molecular weight is 871 g/mol. The van der Waals surface area contributed by atoms with Crippen LogP contribution < -0.4 is 33.2 Å². The molecule has 62 heavy (non-hydrogen) atoms. The number of phenolic OH excluding ortho intramolecular Hbond substituents is 1. The zero-order valence-corrected chi connectivity index (χ0v) is 35.6. The number of aromatic hydroxyl groups is 1. The first-order chi connectivity index (χ1) is 29.3. The van der Waals surface area contributed by atoms with E-state index in [0.717, 1.165) is 0 Å². The fourth-order valence-electron chi connectivity index (χ4n) is 6.61. The molecule has 1 aromatic carbocycles. The van der Waals surface area contributed by atoms with Gasteiger partial charge in [-0.2, -0.15) is 0 Å². The molecule has 2 rings (SSSR count). The predicted molar refractivity (Wildman–Crippen MR) is 225 cm³/mol. The highest BCUT2D eigenvalue weighted by atomic mass is 16.4. The zero-order valence-electron chi connectivity index (χ0n) is 35.6. The number of aryl methyl sites for hydroxylation is 1. The van der Waals surface area contributed by atoms with E-state index in [0.29, 0.717) is 30.5 Å². The minimum Gasteiger partial charge on any atom is -0.508 e. The molecule has 12 N–H and O–H groups in total. The van der Waals surface area contributed by atoms with Crippen molar-refractivity contribution >= 4 is 53.0 Å². The van der Waals surface area contributed by atoms with Gasteiger partial charge in [-0.3, -0.25) is 43.3 Å². The summed E-state index contributed by atoms with van der Waals surface area (Å²) in [5, 5.41) is 45.0. The fraction of sp³-hybridized carbons (Fsp3) is 0.585. The van der Waals surface area contributed by atoms with Crippen molar-refractivity contribution in [2.75, 3.05) is 13.1 Å². The highest BCUT2D eigenvalue weighted by Gasteiger charge is 2.35. The quantitative estimate of drug-likeness (QED) is 0.0280. The Bertz CT molecular complexity index is 1860. The molecule has 0 bridgehead atoms. The normalized spacial score (nSPS) is 13.5. The number of carbonyl (C=O) groups excluding carboxylic acids is 6. The first kappa shape index (κ1) is 51.9.